The fraction of sp³-hybridized carbons (Fsp3) is 0.300. The fourth-order valence-electron chi connectivity index (χ4n) is 0.996. The number of allylic oxidation sites excluding steroid dienone is 4. The molecule has 0 aliphatic rings. The van der Waals surface area contributed by atoms with E-state index >= 15 is 0 Å². The third-order valence-electron chi connectivity index (χ3n) is 1.66. The monoisotopic (exact) mass is 245 g/mol. The Morgan fingerprint density at radius 2 is 2.12 bits per heavy atom. The Bertz CT molecular complexity index is 382. The third kappa shape index (κ3) is 4.27. The Balaban J connectivity index is 5.41. The molecule has 0 atom stereocenters. The lowest BCUT2D eigenvalue weighted by Crippen LogP contribution is -2.10. The van der Waals surface area contributed by atoms with Crippen molar-refractivity contribution >= 4 is 17.6 Å². The van der Waals surface area contributed by atoms with Gasteiger partial charge in [-0.1, -0.05) is 24.6 Å². The quantitative estimate of drug-likeness (QED) is 0.349. The van der Waals surface area contributed by atoms with Crippen molar-refractivity contribution in [2.24, 2.45) is 0 Å². The van der Waals surface area contributed by atoms with Gasteiger partial charge in [0.25, 0.3) is 5.70 Å². The Morgan fingerprint density at radius 3 is 2.44 bits per heavy atom. The van der Waals surface area contributed by atoms with Gasteiger partial charge in [0.2, 0.25) is 0 Å². The highest BCUT2D eigenvalue weighted by Crippen LogP contribution is 2.16. The van der Waals surface area contributed by atoms with E-state index < -0.39 is 22.2 Å². The minimum absolute atomic E-state index is 0.168. The van der Waals surface area contributed by atoms with Crippen LogP contribution in [0.1, 0.15) is 20.3 Å². The summed E-state index contributed by atoms with van der Waals surface area (Å²) in [5.74, 6) is -1.38. The average Bonchev–Trinajstić information content (AvgIpc) is 2.17. The molecule has 0 saturated carbocycles. The summed E-state index contributed by atoms with van der Waals surface area (Å²) in [4.78, 5) is 20.7. The van der Waals surface area contributed by atoms with E-state index in [2.05, 4.69) is 0 Å². The molecule has 0 rings (SSSR count). The normalized spacial score (nSPS) is 13.8. The van der Waals surface area contributed by atoms with Crippen LogP contribution < -0.4 is 0 Å². The van der Waals surface area contributed by atoms with Gasteiger partial charge in [0, 0.05) is 5.03 Å². The zero-order valence-electron chi connectivity index (χ0n) is 8.94. The maximum absolute atomic E-state index is 10.8. The maximum Gasteiger partial charge on any atom is 0.342 e. The lowest BCUT2D eigenvalue weighted by Gasteiger charge is -1.99. The molecule has 0 aromatic carbocycles. The van der Waals surface area contributed by atoms with Crippen molar-refractivity contribution in [3.63, 3.8) is 0 Å². The summed E-state index contributed by atoms with van der Waals surface area (Å²) in [6.07, 6.45) is 4.38. The fourth-order valence-corrected chi connectivity index (χ4v) is 1.26. The molecule has 0 radical (unpaired) electrons. The molecule has 0 saturated heterocycles. The number of hydrogen-bond donors (Lipinski definition) is 1. The van der Waals surface area contributed by atoms with Crippen molar-refractivity contribution in [2.45, 2.75) is 20.3 Å². The second kappa shape index (κ2) is 6.79. The van der Waals surface area contributed by atoms with E-state index in [9.17, 15) is 14.9 Å². The van der Waals surface area contributed by atoms with Crippen molar-refractivity contribution in [1.29, 1.82) is 0 Å². The summed E-state index contributed by atoms with van der Waals surface area (Å²) in [5.41, 5.74) is -0.905. The van der Waals surface area contributed by atoms with Crippen LogP contribution in [0.15, 0.2) is 34.5 Å². The highest BCUT2D eigenvalue weighted by atomic mass is 35.5. The number of carboxylic acids is 1. The number of nitro groups is 1. The van der Waals surface area contributed by atoms with Crippen LogP contribution in [0.2, 0.25) is 0 Å². The summed E-state index contributed by atoms with van der Waals surface area (Å²) in [5, 5.41) is 19.6. The number of nitrogens with zero attached hydrogens (tertiary/aromatic N) is 1. The van der Waals surface area contributed by atoms with Crippen LogP contribution in [0.25, 0.3) is 0 Å². The highest BCUT2D eigenvalue weighted by molar-refractivity contribution is 6.31. The van der Waals surface area contributed by atoms with E-state index in [1.807, 2.05) is 6.92 Å². The standard InChI is InChI=1S/C10H12ClNO4/c1-3-5-7(11)6-8(10(13)14)9(4-2)12(15)16/h4-6H,3H2,1-2H3,(H,13,14)/b7-5-,8-6+,9-4+. The Morgan fingerprint density at radius 1 is 1.56 bits per heavy atom. The Hall–Kier alpha value is -1.62. The van der Waals surface area contributed by atoms with Crippen LogP contribution in [0.4, 0.5) is 0 Å². The molecule has 0 bridgehead atoms. The number of halogens is 1. The third-order valence-corrected chi connectivity index (χ3v) is 1.92. The molecular weight excluding hydrogens is 234 g/mol. The SMILES string of the molecule is C\C=C(/C(=C\C(Cl)=C\CC)C(=O)O)[N+](=O)[O-]. The first-order chi connectivity index (χ1) is 7.43. The molecule has 0 spiro atoms. The van der Waals surface area contributed by atoms with Gasteiger partial charge < -0.3 is 5.11 Å². The molecule has 0 fully saturated rings. The minimum atomic E-state index is -1.38. The zero-order valence-corrected chi connectivity index (χ0v) is 9.69. The predicted octanol–water partition coefficient (Wildman–Crippen LogP) is 2.71. The van der Waals surface area contributed by atoms with E-state index in [0.717, 1.165) is 12.2 Å². The van der Waals surface area contributed by atoms with Crippen LogP contribution >= 0.6 is 11.6 Å². The van der Waals surface area contributed by atoms with E-state index in [1.54, 1.807) is 6.08 Å². The van der Waals surface area contributed by atoms with E-state index in [1.165, 1.54) is 6.92 Å². The number of carbonyl (C=O) groups is 1. The van der Waals surface area contributed by atoms with Crippen LogP contribution in [0, 0.1) is 10.1 Å². The molecule has 0 aliphatic heterocycles. The predicted molar refractivity (Wildman–Crippen MR) is 60.7 cm³/mol. The smallest absolute Gasteiger partial charge is 0.342 e. The van der Waals surface area contributed by atoms with Gasteiger partial charge >= 0.3 is 5.97 Å². The molecule has 0 aromatic rings. The van der Waals surface area contributed by atoms with Crippen molar-refractivity contribution in [3.8, 4) is 0 Å². The Labute approximate surface area is 97.9 Å². The first-order valence-electron chi connectivity index (χ1n) is 4.55. The topological polar surface area (TPSA) is 80.4 Å². The first kappa shape index (κ1) is 14.4. The van der Waals surface area contributed by atoms with Crippen molar-refractivity contribution in [3.05, 3.63) is 44.6 Å². The second-order valence-corrected chi connectivity index (χ2v) is 3.23. The number of aliphatic carboxylic acids is 1. The van der Waals surface area contributed by atoms with Gasteiger partial charge in [-0.25, -0.2) is 4.79 Å². The molecule has 1 N–H and O–H groups in total. The maximum atomic E-state index is 10.8. The van der Waals surface area contributed by atoms with Gasteiger partial charge in [-0.15, -0.1) is 0 Å². The summed E-state index contributed by atoms with van der Waals surface area (Å²) in [7, 11) is 0. The average molecular weight is 246 g/mol. The van der Waals surface area contributed by atoms with Gasteiger partial charge in [0.1, 0.15) is 5.57 Å². The molecule has 6 heteroatoms. The number of hydrogen-bond acceptors (Lipinski definition) is 3. The molecular formula is C10H12ClNO4. The van der Waals surface area contributed by atoms with Crippen molar-refractivity contribution in [1.82, 2.24) is 0 Å². The van der Waals surface area contributed by atoms with E-state index in [-0.39, 0.29) is 5.03 Å². The van der Waals surface area contributed by atoms with Gasteiger partial charge in [-0.05, 0) is 25.5 Å². The molecule has 5 nitrogen and oxygen atoms in total. The van der Waals surface area contributed by atoms with Crippen LogP contribution in [0.3, 0.4) is 0 Å². The Kier molecular flexibility index (Phi) is 6.10. The molecule has 0 heterocycles. The van der Waals surface area contributed by atoms with Crippen LogP contribution in [0.5, 0.6) is 0 Å². The number of carboxylic acid groups (broad SMARTS) is 1. The summed E-state index contributed by atoms with van der Waals surface area (Å²) < 4.78 is 0. The molecule has 0 aliphatic carbocycles. The van der Waals surface area contributed by atoms with Crippen molar-refractivity contribution in [2.75, 3.05) is 0 Å². The molecule has 0 amide bonds. The van der Waals surface area contributed by atoms with Gasteiger partial charge in [-0.3, -0.25) is 10.1 Å². The molecule has 0 aromatic heterocycles. The first-order valence-corrected chi connectivity index (χ1v) is 4.93. The van der Waals surface area contributed by atoms with Crippen molar-refractivity contribution < 1.29 is 14.8 Å². The number of rotatable bonds is 5. The highest BCUT2D eigenvalue weighted by Gasteiger charge is 2.22. The minimum Gasteiger partial charge on any atom is -0.477 e. The van der Waals surface area contributed by atoms with E-state index in [0.29, 0.717) is 6.42 Å². The molecule has 88 valence electrons. The molecule has 16 heavy (non-hydrogen) atoms. The van der Waals surface area contributed by atoms with Gasteiger partial charge in [0.05, 0.1) is 4.92 Å². The lowest BCUT2D eigenvalue weighted by atomic mass is 10.1. The summed E-state index contributed by atoms with van der Waals surface area (Å²) in [6, 6.07) is 0. The zero-order chi connectivity index (χ0) is 12.7. The second-order valence-electron chi connectivity index (χ2n) is 2.79. The van der Waals surface area contributed by atoms with Gasteiger partial charge in [0.15, 0.2) is 0 Å². The van der Waals surface area contributed by atoms with E-state index in [4.69, 9.17) is 16.7 Å². The van der Waals surface area contributed by atoms with Crippen LogP contribution in [-0.4, -0.2) is 16.0 Å². The van der Waals surface area contributed by atoms with Gasteiger partial charge in [-0.2, -0.15) is 0 Å². The summed E-state index contributed by atoms with van der Waals surface area (Å²) in [6.45, 7) is 3.22. The van der Waals surface area contributed by atoms with Crippen LogP contribution in [-0.2, 0) is 4.79 Å². The largest absolute Gasteiger partial charge is 0.477 e. The summed E-state index contributed by atoms with van der Waals surface area (Å²) >= 11 is 5.70. The lowest BCUT2D eigenvalue weighted by molar-refractivity contribution is -0.420. The molecule has 0 unspecified atom stereocenters.